The molecule has 0 spiro atoms. The third kappa shape index (κ3) is 4.16. The molecular weight excluding hydrogens is 303 g/mol. The minimum absolute atomic E-state index is 0.0395. The number of halogens is 3. The first-order valence-corrected chi connectivity index (χ1v) is 7.71. The highest BCUT2D eigenvalue weighted by molar-refractivity contribution is 7.09. The van der Waals surface area contributed by atoms with Gasteiger partial charge >= 0.3 is 6.18 Å². The minimum Gasteiger partial charge on any atom is -0.342 e. The molecule has 0 bridgehead atoms. The number of rotatable bonds is 3. The van der Waals surface area contributed by atoms with E-state index < -0.39 is 11.9 Å². The van der Waals surface area contributed by atoms with Crippen molar-refractivity contribution in [3.63, 3.8) is 0 Å². The molecule has 1 saturated heterocycles. The Labute approximate surface area is 125 Å². The first-order valence-electron chi connectivity index (χ1n) is 6.83. The van der Waals surface area contributed by atoms with E-state index in [2.05, 4.69) is 4.98 Å². The lowest BCUT2D eigenvalue weighted by molar-refractivity contribution is -0.141. The summed E-state index contributed by atoms with van der Waals surface area (Å²) in [6.45, 7) is 2.83. The highest BCUT2D eigenvalue weighted by Crippen LogP contribution is 2.35. The highest BCUT2D eigenvalue weighted by atomic mass is 32.1. The molecule has 0 aliphatic carbocycles. The maximum absolute atomic E-state index is 12.6. The van der Waals surface area contributed by atoms with Crippen LogP contribution in [0.2, 0.25) is 0 Å². The van der Waals surface area contributed by atoms with Crippen LogP contribution in [-0.4, -0.2) is 34.9 Å². The predicted molar refractivity (Wildman–Crippen MR) is 73.9 cm³/mol. The van der Waals surface area contributed by atoms with Crippen molar-refractivity contribution >= 4 is 17.2 Å². The predicted octanol–water partition coefficient (Wildman–Crippen LogP) is 2.61. The fraction of sp³-hybridized carbons (Fsp3) is 0.692. The third-order valence-corrected chi connectivity index (χ3v) is 4.44. The molecule has 4 nitrogen and oxygen atoms in total. The van der Waals surface area contributed by atoms with E-state index in [1.165, 1.54) is 0 Å². The van der Waals surface area contributed by atoms with E-state index in [1.807, 2.05) is 0 Å². The molecule has 2 unspecified atom stereocenters. The van der Waals surface area contributed by atoms with Gasteiger partial charge in [-0.1, -0.05) is 0 Å². The zero-order chi connectivity index (χ0) is 15.6. The minimum atomic E-state index is -4.41. The quantitative estimate of drug-likeness (QED) is 0.931. The Morgan fingerprint density at radius 2 is 2.33 bits per heavy atom. The normalized spacial score (nSPS) is 21.4. The summed E-state index contributed by atoms with van der Waals surface area (Å²) in [5, 5.41) is 1.50. The zero-order valence-corrected chi connectivity index (χ0v) is 12.5. The number of carbonyl (C=O) groups is 1. The van der Waals surface area contributed by atoms with Crippen LogP contribution in [0.3, 0.4) is 0 Å². The van der Waals surface area contributed by atoms with E-state index in [1.54, 1.807) is 11.8 Å². The summed E-state index contributed by atoms with van der Waals surface area (Å²) in [5.74, 6) is -0.154. The number of nitrogens with zero attached hydrogens (tertiary/aromatic N) is 2. The number of thiazole rings is 1. The lowest BCUT2D eigenvalue weighted by Gasteiger charge is -2.32. The molecular formula is C13H18F3N3OS. The Hall–Kier alpha value is -1.15. The van der Waals surface area contributed by atoms with Gasteiger partial charge in [0.2, 0.25) is 5.91 Å². The molecule has 118 valence electrons. The van der Waals surface area contributed by atoms with Crippen LogP contribution >= 0.6 is 11.3 Å². The lowest BCUT2D eigenvalue weighted by atomic mass is 9.98. The first kappa shape index (κ1) is 16.2. The molecule has 0 radical (unpaired) electrons. The molecule has 1 fully saturated rings. The number of piperidine rings is 1. The number of likely N-dealkylation sites (tertiary alicyclic amines) is 1. The third-order valence-electron chi connectivity index (χ3n) is 3.43. The average Bonchev–Trinajstić information content (AvgIpc) is 2.87. The van der Waals surface area contributed by atoms with Crippen LogP contribution in [0.1, 0.15) is 42.8 Å². The summed E-state index contributed by atoms with van der Waals surface area (Å²) >= 11 is 1.02. The highest BCUT2D eigenvalue weighted by Gasteiger charge is 2.35. The second kappa shape index (κ2) is 6.31. The van der Waals surface area contributed by atoms with Gasteiger partial charge < -0.3 is 10.6 Å². The summed E-state index contributed by atoms with van der Waals surface area (Å²) < 4.78 is 37.7. The van der Waals surface area contributed by atoms with E-state index in [-0.39, 0.29) is 24.3 Å². The van der Waals surface area contributed by atoms with Crippen LogP contribution in [0.5, 0.6) is 0 Å². The number of nitrogens with two attached hydrogens (primary N) is 1. The van der Waals surface area contributed by atoms with E-state index in [0.29, 0.717) is 18.1 Å². The molecule has 8 heteroatoms. The molecule has 2 atom stereocenters. The standard InChI is InChI=1S/C13H18F3N3OS/c1-8(17)5-11(20)19-4-2-3-9(6-19)12-18-10(7-21-12)13(14,15)16/h7-9H,2-6,17H2,1H3. The Balaban J connectivity index is 2.04. The van der Waals surface area contributed by atoms with E-state index in [0.717, 1.165) is 29.6 Å². The first-order chi connectivity index (χ1) is 9.77. The summed E-state index contributed by atoms with van der Waals surface area (Å²) in [5.41, 5.74) is 4.77. The summed E-state index contributed by atoms with van der Waals surface area (Å²) in [6.07, 6.45) is -2.62. The van der Waals surface area contributed by atoms with E-state index in [4.69, 9.17) is 5.73 Å². The van der Waals surface area contributed by atoms with Crippen molar-refractivity contribution in [3.8, 4) is 0 Å². The zero-order valence-electron chi connectivity index (χ0n) is 11.7. The van der Waals surface area contributed by atoms with Gasteiger partial charge in [-0.15, -0.1) is 11.3 Å². The molecule has 2 rings (SSSR count). The second-order valence-corrected chi connectivity index (χ2v) is 6.32. The molecule has 1 aliphatic heterocycles. The Morgan fingerprint density at radius 3 is 2.90 bits per heavy atom. The number of hydrogen-bond acceptors (Lipinski definition) is 4. The van der Waals surface area contributed by atoms with Gasteiger partial charge in [-0.05, 0) is 19.8 Å². The molecule has 0 aromatic carbocycles. The molecule has 1 amide bonds. The largest absolute Gasteiger partial charge is 0.434 e. The van der Waals surface area contributed by atoms with Crippen molar-refractivity contribution < 1.29 is 18.0 Å². The van der Waals surface area contributed by atoms with Crippen LogP contribution in [0.25, 0.3) is 0 Å². The SMILES string of the molecule is CC(N)CC(=O)N1CCCC(c2nc(C(F)(F)F)cs2)C1. The Bertz CT molecular complexity index is 501. The van der Waals surface area contributed by atoms with Crippen LogP contribution in [0, 0.1) is 0 Å². The van der Waals surface area contributed by atoms with Gasteiger partial charge in [-0.2, -0.15) is 13.2 Å². The van der Waals surface area contributed by atoms with Crippen molar-refractivity contribution in [2.24, 2.45) is 5.73 Å². The number of aromatic nitrogens is 1. The van der Waals surface area contributed by atoms with Gasteiger partial charge in [0, 0.05) is 36.9 Å². The van der Waals surface area contributed by atoms with Gasteiger partial charge in [0.05, 0.1) is 5.01 Å². The van der Waals surface area contributed by atoms with E-state index in [9.17, 15) is 18.0 Å². The van der Waals surface area contributed by atoms with Crippen LogP contribution < -0.4 is 5.73 Å². The summed E-state index contributed by atoms with van der Waals surface area (Å²) in [6, 6.07) is -0.213. The monoisotopic (exact) mass is 321 g/mol. The molecule has 1 aromatic rings. The van der Waals surface area contributed by atoms with Gasteiger partial charge in [0.25, 0.3) is 0 Å². The fourth-order valence-electron chi connectivity index (χ4n) is 2.42. The smallest absolute Gasteiger partial charge is 0.342 e. The topological polar surface area (TPSA) is 59.2 Å². The molecule has 2 heterocycles. The Kier molecular flexibility index (Phi) is 4.88. The molecule has 0 saturated carbocycles. The van der Waals surface area contributed by atoms with Crippen molar-refractivity contribution in [2.75, 3.05) is 13.1 Å². The van der Waals surface area contributed by atoms with Crippen molar-refractivity contribution in [1.29, 1.82) is 0 Å². The maximum atomic E-state index is 12.6. The number of carbonyl (C=O) groups excluding carboxylic acids is 1. The van der Waals surface area contributed by atoms with Crippen LogP contribution in [0.15, 0.2) is 5.38 Å². The average molecular weight is 321 g/mol. The number of alkyl halides is 3. The summed E-state index contributed by atoms with van der Waals surface area (Å²) in [7, 11) is 0. The number of hydrogen-bond donors (Lipinski definition) is 1. The maximum Gasteiger partial charge on any atom is 0.434 e. The van der Waals surface area contributed by atoms with Crippen molar-refractivity contribution in [2.45, 2.75) is 44.3 Å². The van der Waals surface area contributed by atoms with Gasteiger partial charge in [0.1, 0.15) is 0 Å². The number of amides is 1. The molecule has 1 aromatic heterocycles. The van der Waals surface area contributed by atoms with Crippen molar-refractivity contribution in [1.82, 2.24) is 9.88 Å². The molecule has 2 N–H and O–H groups in total. The van der Waals surface area contributed by atoms with Gasteiger partial charge in [-0.25, -0.2) is 4.98 Å². The molecule has 1 aliphatic rings. The Morgan fingerprint density at radius 1 is 1.62 bits per heavy atom. The van der Waals surface area contributed by atoms with Crippen LogP contribution in [-0.2, 0) is 11.0 Å². The van der Waals surface area contributed by atoms with Gasteiger partial charge in [0.15, 0.2) is 5.69 Å². The summed E-state index contributed by atoms with van der Waals surface area (Å²) in [4.78, 5) is 17.4. The van der Waals surface area contributed by atoms with Crippen LogP contribution in [0.4, 0.5) is 13.2 Å². The molecule has 21 heavy (non-hydrogen) atoms. The van der Waals surface area contributed by atoms with Crippen molar-refractivity contribution in [3.05, 3.63) is 16.1 Å². The van der Waals surface area contributed by atoms with E-state index >= 15 is 0 Å². The van der Waals surface area contributed by atoms with Gasteiger partial charge in [-0.3, -0.25) is 4.79 Å². The fourth-order valence-corrected chi connectivity index (χ4v) is 3.37. The second-order valence-electron chi connectivity index (χ2n) is 5.43. The lowest BCUT2D eigenvalue weighted by Crippen LogP contribution is -2.41.